The molecule has 1 aliphatic rings. The zero-order valence-electron chi connectivity index (χ0n) is 11.3. The molecular weight excluding hydrogens is 246 g/mol. The van der Waals surface area contributed by atoms with Gasteiger partial charge in [-0.1, -0.05) is 0 Å². The number of anilines is 1. The van der Waals surface area contributed by atoms with Crippen LogP contribution in [0.15, 0.2) is 12.4 Å². The lowest BCUT2D eigenvalue weighted by Gasteiger charge is -2.22. The molecule has 0 saturated heterocycles. The van der Waals surface area contributed by atoms with Gasteiger partial charge in [0.05, 0.1) is 25.6 Å². The third-order valence-corrected chi connectivity index (χ3v) is 2.78. The molecule has 0 aliphatic heterocycles. The monoisotopic (exact) mass is 265 g/mol. The van der Waals surface area contributed by atoms with Crippen molar-refractivity contribution >= 4 is 11.8 Å². The van der Waals surface area contributed by atoms with Crippen molar-refractivity contribution in [3.8, 4) is 5.88 Å². The molecule has 0 atom stereocenters. The number of rotatable bonds is 7. The van der Waals surface area contributed by atoms with Crippen LogP contribution in [0, 0.1) is 0 Å². The lowest BCUT2D eigenvalue weighted by Crippen LogP contribution is -2.33. The van der Waals surface area contributed by atoms with E-state index in [1.165, 1.54) is 0 Å². The fourth-order valence-corrected chi connectivity index (χ4v) is 1.82. The number of hydrogen-bond acceptors (Lipinski definition) is 6. The van der Waals surface area contributed by atoms with Gasteiger partial charge in [0.15, 0.2) is 5.82 Å². The molecule has 0 amide bonds. The molecule has 1 fully saturated rings. The summed E-state index contributed by atoms with van der Waals surface area (Å²) in [7, 11) is 0. The van der Waals surface area contributed by atoms with Crippen LogP contribution in [-0.4, -0.2) is 41.7 Å². The van der Waals surface area contributed by atoms with Crippen LogP contribution in [0.4, 0.5) is 5.82 Å². The maximum atomic E-state index is 11.6. The number of carbonyl (C=O) groups is 1. The predicted octanol–water partition coefficient (Wildman–Crippen LogP) is 1.41. The van der Waals surface area contributed by atoms with Crippen molar-refractivity contribution in [2.24, 2.45) is 0 Å². The molecule has 0 radical (unpaired) electrons. The van der Waals surface area contributed by atoms with E-state index in [-0.39, 0.29) is 12.5 Å². The second-order valence-electron chi connectivity index (χ2n) is 4.31. The van der Waals surface area contributed by atoms with Gasteiger partial charge in [-0.05, 0) is 26.7 Å². The highest BCUT2D eigenvalue weighted by molar-refractivity contribution is 5.75. The van der Waals surface area contributed by atoms with Gasteiger partial charge in [0.1, 0.15) is 6.54 Å². The van der Waals surface area contributed by atoms with Gasteiger partial charge < -0.3 is 14.4 Å². The molecule has 0 bridgehead atoms. The van der Waals surface area contributed by atoms with Crippen molar-refractivity contribution in [2.75, 3.05) is 24.7 Å². The van der Waals surface area contributed by atoms with Crippen molar-refractivity contribution in [1.29, 1.82) is 0 Å². The molecule has 6 heteroatoms. The Morgan fingerprint density at radius 2 is 2.16 bits per heavy atom. The predicted molar refractivity (Wildman–Crippen MR) is 70.2 cm³/mol. The van der Waals surface area contributed by atoms with Crippen molar-refractivity contribution < 1.29 is 14.3 Å². The van der Waals surface area contributed by atoms with Gasteiger partial charge in [0, 0.05) is 6.04 Å². The Bertz CT molecular complexity index is 435. The average molecular weight is 265 g/mol. The fraction of sp³-hybridized carbons (Fsp3) is 0.615. The maximum Gasteiger partial charge on any atom is 0.325 e. The minimum atomic E-state index is -0.238. The van der Waals surface area contributed by atoms with Gasteiger partial charge in [0.25, 0.3) is 0 Å². The van der Waals surface area contributed by atoms with Crippen LogP contribution in [0.2, 0.25) is 0 Å². The van der Waals surface area contributed by atoms with E-state index in [9.17, 15) is 4.79 Å². The molecule has 0 aromatic carbocycles. The molecule has 1 aromatic rings. The van der Waals surface area contributed by atoms with E-state index in [0.717, 1.165) is 12.8 Å². The zero-order chi connectivity index (χ0) is 13.7. The quantitative estimate of drug-likeness (QED) is 0.694. The van der Waals surface area contributed by atoms with Crippen LogP contribution in [-0.2, 0) is 9.53 Å². The van der Waals surface area contributed by atoms with Crippen LogP contribution in [0.25, 0.3) is 0 Å². The van der Waals surface area contributed by atoms with Crippen LogP contribution < -0.4 is 9.64 Å². The summed E-state index contributed by atoms with van der Waals surface area (Å²) < 4.78 is 10.3. The fourth-order valence-electron chi connectivity index (χ4n) is 1.82. The first-order valence-electron chi connectivity index (χ1n) is 6.61. The van der Waals surface area contributed by atoms with E-state index in [4.69, 9.17) is 9.47 Å². The van der Waals surface area contributed by atoms with E-state index in [1.54, 1.807) is 19.3 Å². The lowest BCUT2D eigenvalue weighted by atomic mass is 10.4. The minimum Gasteiger partial charge on any atom is -0.477 e. The smallest absolute Gasteiger partial charge is 0.325 e. The Morgan fingerprint density at radius 3 is 2.79 bits per heavy atom. The standard InChI is InChI=1S/C13H19N3O3/c1-3-18-12-8-14-7-11(15-12)16(10-5-6-10)9-13(17)19-4-2/h7-8,10H,3-6,9H2,1-2H3. The number of nitrogens with zero attached hydrogens (tertiary/aromatic N) is 3. The highest BCUT2D eigenvalue weighted by atomic mass is 16.5. The second kappa shape index (κ2) is 6.36. The second-order valence-corrected chi connectivity index (χ2v) is 4.31. The Kier molecular flexibility index (Phi) is 4.54. The molecule has 2 rings (SSSR count). The molecule has 1 aromatic heterocycles. The van der Waals surface area contributed by atoms with E-state index < -0.39 is 0 Å². The summed E-state index contributed by atoms with van der Waals surface area (Å²) in [5.41, 5.74) is 0. The molecule has 0 unspecified atom stereocenters. The van der Waals surface area contributed by atoms with E-state index in [1.807, 2.05) is 11.8 Å². The molecule has 0 spiro atoms. The SMILES string of the molecule is CCOC(=O)CN(c1cncc(OCC)n1)C1CC1. The molecule has 104 valence electrons. The maximum absolute atomic E-state index is 11.6. The molecule has 0 N–H and O–H groups in total. The third kappa shape index (κ3) is 3.81. The highest BCUT2D eigenvalue weighted by Crippen LogP contribution is 2.30. The van der Waals surface area contributed by atoms with Crippen molar-refractivity contribution in [3.05, 3.63) is 12.4 Å². The molecule has 6 nitrogen and oxygen atoms in total. The van der Waals surface area contributed by atoms with Crippen LogP contribution in [0.5, 0.6) is 5.88 Å². The van der Waals surface area contributed by atoms with Crippen LogP contribution in [0.3, 0.4) is 0 Å². The Morgan fingerprint density at radius 1 is 1.37 bits per heavy atom. The van der Waals surface area contributed by atoms with E-state index >= 15 is 0 Å². The Balaban J connectivity index is 2.09. The lowest BCUT2D eigenvalue weighted by molar-refractivity contribution is -0.141. The molecule has 1 heterocycles. The van der Waals surface area contributed by atoms with Crippen LogP contribution in [0.1, 0.15) is 26.7 Å². The summed E-state index contributed by atoms with van der Waals surface area (Å²) in [5.74, 6) is 0.911. The zero-order valence-corrected chi connectivity index (χ0v) is 11.3. The number of hydrogen-bond donors (Lipinski definition) is 0. The average Bonchev–Trinajstić information content (AvgIpc) is 3.21. The largest absolute Gasteiger partial charge is 0.477 e. The third-order valence-electron chi connectivity index (χ3n) is 2.78. The molecule has 19 heavy (non-hydrogen) atoms. The normalized spacial score (nSPS) is 14.0. The van der Waals surface area contributed by atoms with E-state index in [0.29, 0.717) is 31.0 Å². The highest BCUT2D eigenvalue weighted by Gasteiger charge is 2.32. The molecular formula is C13H19N3O3. The van der Waals surface area contributed by atoms with Gasteiger partial charge >= 0.3 is 5.97 Å². The summed E-state index contributed by atoms with van der Waals surface area (Å²) >= 11 is 0. The summed E-state index contributed by atoms with van der Waals surface area (Å²) in [6, 6.07) is 0.357. The summed E-state index contributed by atoms with van der Waals surface area (Å²) in [6.45, 7) is 4.84. The number of esters is 1. The van der Waals surface area contributed by atoms with Crippen LogP contribution >= 0.6 is 0 Å². The number of ether oxygens (including phenoxy) is 2. The first kappa shape index (κ1) is 13.6. The van der Waals surface area contributed by atoms with Gasteiger partial charge in [0.2, 0.25) is 5.88 Å². The first-order valence-corrected chi connectivity index (χ1v) is 6.61. The number of carbonyl (C=O) groups excluding carboxylic acids is 1. The Labute approximate surface area is 112 Å². The Hall–Kier alpha value is -1.85. The van der Waals surface area contributed by atoms with Gasteiger partial charge in [-0.15, -0.1) is 0 Å². The van der Waals surface area contributed by atoms with Gasteiger partial charge in [-0.3, -0.25) is 9.78 Å². The first-order chi connectivity index (χ1) is 9.24. The van der Waals surface area contributed by atoms with Crippen molar-refractivity contribution in [2.45, 2.75) is 32.7 Å². The van der Waals surface area contributed by atoms with Crippen molar-refractivity contribution in [1.82, 2.24) is 9.97 Å². The minimum absolute atomic E-state index is 0.211. The summed E-state index contributed by atoms with van der Waals surface area (Å²) in [6.07, 6.45) is 5.36. The van der Waals surface area contributed by atoms with Crippen molar-refractivity contribution in [3.63, 3.8) is 0 Å². The van der Waals surface area contributed by atoms with Gasteiger partial charge in [-0.25, -0.2) is 0 Å². The number of aromatic nitrogens is 2. The van der Waals surface area contributed by atoms with E-state index in [2.05, 4.69) is 9.97 Å². The molecule has 1 aliphatic carbocycles. The molecule has 1 saturated carbocycles. The summed E-state index contributed by atoms with van der Waals surface area (Å²) in [4.78, 5) is 22.0. The topological polar surface area (TPSA) is 64.5 Å². The summed E-state index contributed by atoms with van der Waals surface area (Å²) in [5, 5.41) is 0. The van der Waals surface area contributed by atoms with Gasteiger partial charge in [-0.2, -0.15) is 4.98 Å².